The van der Waals surface area contributed by atoms with Crippen molar-refractivity contribution in [1.82, 2.24) is 20.3 Å². The summed E-state index contributed by atoms with van der Waals surface area (Å²) in [6, 6.07) is 6.27. The first-order valence-electron chi connectivity index (χ1n) is 10.0. The van der Waals surface area contributed by atoms with Gasteiger partial charge in [-0.1, -0.05) is 23.7 Å². The molecule has 1 atom stereocenters. The average molecular weight is 396 g/mol. The largest absolute Gasteiger partial charge is 0.493 e. The van der Waals surface area contributed by atoms with Gasteiger partial charge in [0.15, 0.2) is 17.3 Å². The van der Waals surface area contributed by atoms with Crippen LogP contribution in [-0.4, -0.2) is 41.0 Å². The molecule has 2 aromatic heterocycles. The number of nitrogens with zero attached hydrogens (tertiary/aromatic N) is 3. The highest BCUT2D eigenvalue weighted by molar-refractivity contribution is 5.64. The van der Waals surface area contributed by atoms with Crippen molar-refractivity contribution < 1.29 is 14.0 Å². The lowest BCUT2D eigenvalue weighted by Gasteiger charge is -2.35. The topological polar surface area (TPSA) is 76.4 Å². The Hall–Kier alpha value is -2.80. The van der Waals surface area contributed by atoms with Gasteiger partial charge in [-0.05, 0) is 39.3 Å². The predicted molar refractivity (Wildman–Crippen MR) is 110 cm³/mol. The van der Waals surface area contributed by atoms with Gasteiger partial charge in [0.2, 0.25) is 0 Å². The van der Waals surface area contributed by atoms with Crippen LogP contribution in [0.3, 0.4) is 0 Å². The van der Waals surface area contributed by atoms with Gasteiger partial charge in [-0.15, -0.1) is 0 Å². The van der Waals surface area contributed by atoms with E-state index in [2.05, 4.69) is 26.3 Å². The molecule has 3 heterocycles. The molecule has 0 saturated carbocycles. The van der Waals surface area contributed by atoms with Crippen LogP contribution >= 0.6 is 0 Å². The van der Waals surface area contributed by atoms with E-state index >= 15 is 0 Å². The minimum Gasteiger partial charge on any atom is -0.493 e. The molecule has 29 heavy (non-hydrogen) atoms. The van der Waals surface area contributed by atoms with Crippen LogP contribution < -0.4 is 9.47 Å². The molecule has 1 N–H and O–H groups in total. The maximum absolute atomic E-state index is 5.65. The van der Waals surface area contributed by atoms with Crippen molar-refractivity contribution in [2.75, 3.05) is 20.8 Å². The highest BCUT2D eigenvalue weighted by atomic mass is 16.5. The molecule has 0 bridgehead atoms. The Morgan fingerprint density at radius 3 is 2.79 bits per heavy atom. The Morgan fingerprint density at radius 1 is 1.21 bits per heavy atom. The molecule has 0 spiro atoms. The number of likely N-dealkylation sites (tertiary alicyclic amines) is 1. The molecule has 0 unspecified atom stereocenters. The van der Waals surface area contributed by atoms with E-state index in [1.54, 1.807) is 14.2 Å². The van der Waals surface area contributed by atoms with Crippen LogP contribution in [0.2, 0.25) is 0 Å². The Bertz CT molecular complexity index is 978. The first kappa shape index (κ1) is 19.5. The van der Waals surface area contributed by atoms with E-state index in [1.807, 2.05) is 32.2 Å². The number of ether oxygens (including phenoxy) is 2. The molecule has 1 saturated heterocycles. The van der Waals surface area contributed by atoms with Gasteiger partial charge in [0, 0.05) is 17.7 Å². The fourth-order valence-electron chi connectivity index (χ4n) is 4.20. The lowest BCUT2D eigenvalue weighted by molar-refractivity contribution is 0.136. The van der Waals surface area contributed by atoms with E-state index in [0.717, 1.165) is 64.8 Å². The van der Waals surface area contributed by atoms with E-state index in [1.165, 1.54) is 12.8 Å². The predicted octanol–water partition coefficient (Wildman–Crippen LogP) is 4.43. The van der Waals surface area contributed by atoms with Gasteiger partial charge >= 0.3 is 0 Å². The van der Waals surface area contributed by atoms with Crippen molar-refractivity contribution in [2.45, 2.75) is 45.7 Å². The quantitative estimate of drug-likeness (QED) is 0.664. The van der Waals surface area contributed by atoms with Crippen molar-refractivity contribution in [3.8, 4) is 22.8 Å². The molecule has 1 aliphatic rings. The molecule has 0 amide bonds. The molecule has 1 fully saturated rings. The first-order valence-corrected chi connectivity index (χ1v) is 10.0. The summed E-state index contributed by atoms with van der Waals surface area (Å²) in [5.41, 5.74) is 5.17. The van der Waals surface area contributed by atoms with Crippen LogP contribution in [-0.2, 0) is 6.54 Å². The van der Waals surface area contributed by atoms with E-state index in [4.69, 9.17) is 14.0 Å². The minimum atomic E-state index is 0.224. The van der Waals surface area contributed by atoms with Gasteiger partial charge in [0.05, 0.1) is 43.4 Å². The van der Waals surface area contributed by atoms with E-state index in [-0.39, 0.29) is 6.04 Å². The standard InChI is InChI=1S/C22H28N4O3/c1-14-15(2)25-29-21(14)17-12-23-24-20(17)18-9-5-6-11-26(18)13-16-8-7-10-19(27-3)22(16)28-4/h7-8,10,12,18H,5-6,9,11,13H2,1-4H3,(H,23,24)/t18-/m1/s1. The Morgan fingerprint density at radius 2 is 2.07 bits per heavy atom. The zero-order chi connectivity index (χ0) is 20.4. The van der Waals surface area contributed by atoms with Crippen molar-refractivity contribution >= 4 is 0 Å². The van der Waals surface area contributed by atoms with Crippen LogP contribution in [0.1, 0.15) is 47.8 Å². The number of benzene rings is 1. The van der Waals surface area contributed by atoms with E-state index in [9.17, 15) is 0 Å². The molecule has 7 nitrogen and oxygen atoms in total. The Balaban J connectivity index is 1.67. The van der Waals surface area contributed by atoms with Crippen LogP contribution in [0.5, 0.6) is 11.5 Å². The summed E-state index contributed by atoms with van der Waals surface area (Å²) < 4.78 is 16.8. The molecular weight excluding hydrogens is 368 g/mol. The number of rotatable bonds is 6. The second-order valence-electron chi connectivity index (χ2n) is 7.55. The van der Waals surface area contributed by atoms with Crippen LogP contribution in [0.4, 0.5) is 0 Å². The molecule has 1 aromatic carbocycles. The maximum atomic E-state index is 5.65. The summed E-state index contributed by atoms with van der Waals surface area (Å²) >= 11 is 0. The zero-order valence-corrected chi connectivity index (χ0v) is 17.5. The molecule has 4 rings (SSSR count). The van der Waals surface area contributed by atoms with Crippen LogP contribution in [0, 0.1) is 13.8 Å². The van der Waals surface area contributed by atoms with Gasteiger partial charge in [0.1, 0.15) is 0 Å². The molecule has 0 aliphatic carbocycles. The number of para-hydroxylation sites is 1. The minimum absolute atomic E-state index is 0.224. The number of aromatic amines is 1. The average Bonchev–Trinajstić information content (AvgIpc) is 3.35. The van der Waals surface area contributed by atoms with Gasteiger partial charge in [0.25, 0.3) is 0 Å². The van der Waals surface area contributed by atoms with Crippen molar-refractivity contribution in [3.63, 3.8) is 0 Å². The van der Waals surface area contributed by atoms with Crippen molar-refractivity contribution in [1.29, 1.82) is 0 Å². The van der Waals surface area contributed by atoms with Gasteiger partial charge < -0.3 is 14.0 Å². The Kier molecular flexibility index (Phi) is 5.58. The first-order chi connectivity index (χ1) is 14.1. The molecule has 3 aromatic rings. The molecule has 1 aliphatic heterocycles. The zero-order valence-electron chi connectivity index (χ0n) is 17.5. The number of hydrogen-bond acceptors (Lipinski definition) is 6. The lowest BCUT2D eigenvalue weighted by atomic mass is 9.95. The Labute approximate surface area is 171 Å². The second-order valence-corrected chi connectivity index (χ2v) is 7.55. The molecule has 7 heteroatoms. The summed E-state index contributed by atoms with van der Waals surface area (Å²) in [5, 5.41) is 11.7. The highest BCUT2D eigenvalue weighted by Crippen LogP contribution is 2.39. The summed E-state index contributed by atoms with van der Waals surface area (Å²) in [6.07, 6.45) is 5.27. The van der Waals surface area contributed by atoms with Gasteiger partial charge in [-0.2, -0.15) is 5.10 Å². The normalized spacial score (nSPS) is 17.4. The lowest BCUT2D eigenvalue weighted by Crippen LogP contribution is -2.33. The summed E-state index contributed by atoms with van der Waals surface area (Å²) in [7, 11) is 3.36. The monoisotopic (exact) mass is 396 g/mol. The maximum Gasteiger partial charge on any atom is 0.173 e. The highest BCUT2D eigenvalue weighted by Gasteiger charge is 2.30. The van der Waals surface area contributed by atoms with Crippen molar-refractivity contribution in [3.05, 3.63) is 46.9 Å². The SMILES string of the molecule is COc1cccc(CN2CCCC[C@@H]2c2[nH]ncc2-c2onc(C)c2C)c1OC. The number of methoxy groups -OCH3 is 2. The number of aryl methyl sites for hydroxylation is 1. The number of hydrogen-bond donors (Lipinski definition) is 1. The number of piperidine rings is 1. The summed E-state index contributed by atoms with van der Waals surface area (Å²) in [5.74, 6) is 2.36. The fourth-order valence-corrected chi connectivity index (χ4v) is 4.20. The molecule has 154 valence electrons. The van der Waals surface area contributed by atoms with E-state index < -0.39 is 0 Å². The number of nitrogens with one attached hydrogen (secondary N) is 1. The third-order valence-corrected chi connectivity index (χ3v) is 5.88. The number of H-pyrrole nitrogens is 1. The summed E-state index contributed by atoms with van der Waals surface area (Å²) in [4.78, 5) is 2.48. The van der Waals surface area contributed by atoms with Crippen molar-refractivity contribution in [2.24, 2.45) is 0 Å². The smallest absolute Gasteiger partial charge is 0.173 e. The fraction of sp³-hybridized carbons (Fsp3) is 0.455. The summed E-state index contributed by atoms with van der Waals surface area (Å²) in [6.45, 7) is 5.79. The molecular formula is C22H28N4O3. The van der Waals surface area contributed by atoms with Crippen LogP contribution in [0.25, 0.3) is 11.3 Å². The van der Waals surface area contributed by atoms with Crippen LogP contribution in [0.15, 0.2) is 28.9 Å². The van der Waals surface area contributed by atoms with E-state index in [0.29, 0.717) is 0 Å². The third-order valence-electron chi connectivity index (χ3n) is 5.88. The molecule has 0 radical (unpaired) electrons. The van der Waals surface area contributed by atoms with Gasteiger partial charge in [-0.25, -0.2) is 0 Å². The number of aromatic nitrogens is 3. The van der Waals surface area contributed by atoms with Gasteiger partial charge in [-0.3, -0.25) is 10.00 Å². The second kappa shape index (κ2) is 8.29. The third kappa shape index (κ3) is 3.62.